The highest BCUT2D eigenvalue weighted by molar-refractivity contribution is 14.0. The number of nitrogens with one attached hydrogen (secondary N) is 1. The molecule has 0 radical (unpaired) electrons. The molecule has 2 aromatic heterocycles. The molecule has 1 saturated heterocycles. The first-order chi connectivity index (χ1) is 14.5. The van der Waals surface area contributed by atoms with Gasteiger partial charge in [-0.25, -0.2) is 4.98 Å². The maximum absolute atomic E-state index is 4.62. The summed E-state index contributed by atoms with van der Waals surface area (Å²) in [7, 11) is 5.88. The molecule has 0 aliphatic carbocycles. The second-order valence-corrected chi connectivity index (χ2v) is 8.55. The highest BCUT2D eigenvalue weighted by Crippen LogP contribution is 2.20. The molecule has 0 unspecified atom stereocenters. The number of hydrogen-bond acceptors (Lipinski definition) is 4. The Bertz CT molecular complexity index is 838. The van der Waals surface area contributed by atoms with Crippen LogP contribution in [0.4, 0.5) is 5.82 Å². The molecule has 0 bridgehead atoms. The largest absolute Gasteiger partial charge is 0.357 e. The summed E-state index contributed by atoms with van der Waals surface area (Å²) in [5.41, 5.74) is 3.62. The lowest BCUT2D eigenvalue weighted by Crippen LogP contribution is -2.38. The molecule has 0 atom stereocenters. The van der Waals surface area contributed by atoms with Gasteiger partial charge in [-0.2, -0.15) is 5.10 Å². The lowest BCUT2D eigenvalue weighted by Gasteiger charge is -2.24. The SMILES string of the molecule is CN=C(NCc1ccnc(N2CCCCCC2)c1)N(C)Cc1cn(C)nc1C(C)C.I. The van der Waals surface area contributed by atoms with Crippen molar-refractivity contribution in [2.24, 2.45) is 12.0 Å². The summed E-state index contributed by atoms with van der Waals surface area (Å²) < 4.78 is 1.90. The summed E-state index contributed by atoms with van der Waals surface area (Å²) in [4.78, 5) is 13.7. The lowest BCUT2D eigenvalue weighted by molar-refractivity contribution is 0.473. The maximum Gasteiger partial charge on any atom is 0.193 e. The minimum absolute atomic E-state index is 0. The summed E-state index contributed by atoms with van der Waals surface area (Å²) in [5, 5.41) is 8.13. The number of aryl methyl sites for hydroxylation is 1. The Labute approximate surface area is 204 Å². The Morgan fingerprint density at radius 3 is 2.58 bits per heavy atom. The van der Waals surface area contributed by atoms with Crippen molar-refractivity contribution in [2.75, 3.05) is 32.1 Å². The van der Waals surface area contributed by atoms with Gasteiger partial charge in [0.1, 0.15) is 5.82 Å². The van der Waals surface area contributed by atoms with Gasteiger partial charge < -0.3 is 15.1 Å². The molecule has 7 nitrogen and oxygen atoms in total. The molecule has 0 amide bonds. The van der Waals surface area contributed by atoms with E-state index in [1.54, 1.807) is 0 Å². The number of aliphatic imine (C=N–C) groups is 1. The third-order valence-electron chi connectivity index (χ3n) is 5.66. The predicted molar refractivity (Wildman–Crippen MR) is 139 cm³/mol. The molecule has 0 aromatic carbocycles. The molecular formula is C23H38IN7. The van der Waals surface area contributed by atoms with E-state index in [9.17, 15) is 0 Å². The predicted octanol–water partition coefficient (Wildman–Crippen LogP) is 4.14. The highest BCUT2D eigenvalue weighted by atomic mass is 127. The summed E-state index contributed by atoms with van der Waals surface area (Å²) in [6.45, 7) is 8.09. The molecule has 8 heteroatoms. The number of aromatic nitrogens is 3. The molecule has 1 aliphatic heterocycles. The topological polar surface area (TPSA) is 61.6 Å². The average Bonchev–Trinajstić information content (AvgIpc) is 2.92. The van der Waals surface area contributed by atoms with Crippen LogP contribution in [0.15, 0.2) is 29.5 Å². The molecule has 31 heavy (non-hydrogen) atoms. The quantitative estimate of drug-likeness (QED) is 0.340. The highest BCUT2D eigenvalue weighted by Gasteiger charge is 2.16. The molecule has 0 saturated carbocycles. The number of anilines is 1. The summed E-state index contributed by atoms with van der Waals surface area (Å²) in [6.07, 6.45) is 9.21. The smallest absolute Gasteiger partial charge is 0.193 e. The van der Waals surface area contributed by atoms with Gasteiger partial charge >= 0.3 is 0 Å². The molecular weight excluding hydrogens is 501 g/mol. The Balaban J connectivity index is 0.00000341. The molecule has 172 valence electrons. The van der Waals surface area contributed by atoms with Crippen LogP contribution in [0.25, 0.3) is 0 Å². The number of halogens is 1. The zero-order valence-corrected chi connectivity index (χ0v) is 22.0. The Hall–Kier alpha value is -1.84. The third kappa shape index (κ3) is 7.08. The summed E-state index contributed by atoms with van der Waals surface area (Å²) >= 11 is 0. The maximum atomic E-state index is 4.62. The first kappa shape index (κ1) is 25.4. The van der Waals surface area contributed by atoms with E-state index < -0.39 is 0 Å². The van der Waals surface area contributed by atoms with Crippen LogP contribution in [0.2, 0.25) is 0 Å². The Kier molecular flexibility index (Phi) is 10.1. The van der Waals surface area contributed by atoms with Crippen molar-refractivity contribution < 1.29 is 0 Å². The first-order valence-corrected chi connectivity index (χ1v) is 11.1. The van der Waals surface area contributed by atoms with Crippen molar-refractivity contribution in [1.29, 1.82) is 0 Å². The molecule has 1 aliphatic rings. The van der Waals surface area contributed by atoms with E-state index in [-0.39, 0.29) is 24.0 Å². The number of guanidine groups is 1. The van der Waals surface area contributed by atoms with Gasteiger partial charge in [0.15, 0.2) is 5.96 Å². The van der Waals surface area contributed by atoms with Crippen LogP contribution < -0.4 is 10.2 Å². The zero-order chi connectivity index (χ0) is 21.5. The molecule has 1 N–H and O–H groups in total. The van der Waals surface area contributed by atoms with Gasteiger partial charge in [0, 0.05) is 65.3 Å². The van der Waals surface area contributed by atoms with Crippen molar-refractivity contribution in [1.82, 2.24) is 25.0 Å². The molecule has 1 fully saturated rings. The lowest BCUT2D eigenvalue weighted by atomic mass is 10.1. The fourth-order valence-electron chi connectivity index (χ4n) is 4.10. The minimum Gasteiger partial charge on any atom is -0.357 e. The van der Waals surface area contributed by atoms with Gasteiger partial charge in [-0.15, -0.1) is 24.0 Å². The molecule has 2 aromatic rings. The second kappa shape index (κ2) is 12.3. The van der Waals surface area contributed by atoms with E-state index in [0.717, 1.165) is 43.7 Å². The standard InChI is InChI=1S/C23H37N7.HI/c1-18(2)22-20(17-29(5)27-22)16-28(4)23(24-3)26-15-19-10-11-25-21(14-19)30-12-8-6-7-9-13-30;/h10-11,14,17-18H,6-9,12-13,15-16H2,1-5H3,(H,24,26);1H. The molecule has 3 heterocycles. The van der Waals surface area contributed by atoms with Crippen LogP contribution in [0.5, 0.6) is 0 Å². The minimum atomic E-state index is 0. The van der Waals surface area contributed by atoms with Crippen LogP contribution >= 0.6 is 24.0 Å². The van der Waals surface area contributed by atoms with Crippen molar-refractivity contribution in [3.8, 4) is 0 Å². The average molecular weight is 540 g/mol. The molecule has 3 rings (SSSR count). The van der Waals surface area contributed by atoms with Crippen LogP contribution in [-0.2, 0) is 20.1 Å². The van der Waals surface area contributed by atoms with E-state index in [1.165, 1.54) is 36.8 Å². The van der Waals surface area contributed by atoms with Crippen molar-refractivity contribution >= 4 is 35.8 Å². The van der Waals surface area contributed by atoms with Crippen molar-refractivity contribution in [3.05, 3.63) is 41.3 Å². The zero-order valence-electron chi connectivity index (χ0n) is 19.6. The van der Waals surface area contributed by atoms with Crippen LogP contribution in [-0.4, -0.2) is 52.8 Å². The first-order valence-electron chi connectivity index (χ1n) is 11.1. The Morgan fingerprint density at radius 1 is 1.23 bits per heavy atom. The van der Waals surface area contributed by atoms with E-state index >= 15 is 0 Å². The van der Waals surface area contributed by atoms with Crippen LogP contribution in [0.1, 0.15) is 62.3 Å². The fourth-order valence-corrected chi connectivity index (χ4v) is 4.10. The van der Waals surface area contributed by atoms with E-state index in [1.807, 2.05) is 25.0 Å². The third-order valence-corrected chi connectivity index (χ3v) is 5.66. The van der Waals surface area contributed by atoms with Gasteiger partial charge in [0.2, 0.25) is 0 Å². The van der Waals surface area contributed by atoms with Gasteiger partial charge in [0.25, 0.3) is 0 Å². The van der Waals surface area contributed by atoms with Crippen LogP contribution in [0.3, 0.4) is 0 Å². The number of pyridine rings is 1. The number of rotatable bonds is 6. The van der Waals surface area contributed by atoms with E-state index in [2.05, 4.69) is 69.4 Å². The van der Waals surface area contributed by atoms with Gasteiger partial charge in [-0.05, 0) is 36.5 Å². The van der Waals surface area contributed by atoms with Gasteiger partial charge in [0.05, 0.1) is 5.69 Å². The van der Waals surface area contributed by atoms with Crippen molar-refractivity contribution in [2.45, 2.75) is 58.5 Å². The number of nitrogens with zero attached hydrogens (tertiary/aromatic N) is 6. The van der Waals surface area contributed by atoms with Crippen LogP contribution in [0, 0.1) is 0 Å². The normalized spacial score (nSPS) is 14.9. The van der Waals surface area contributed by atoms with E-state index in [0.29, 0.717) is 5.92 Å². The summed E-state index contributed by atoms with van der Waals surface area (Å²) in [5.74, 6) is 2.37. The monoisotopic (exact) mass is 539 g/mol. The van der Waals surface area contributed by atoms with Gasteiger partial charge in [-0.1, -0.05) is 26.7 Å². The van der Waals surface area contributed by atoms with Gasteiger partial charge in [-0.3, -0.25) is 9.67 Å². The number of hydrogen-bond donors (Lipinski definition) is 1. The van der Waals surface area contributed by atoms with Crippen molar-refractivity contribution in [3.63, 3.8) is 0 Å². The fraction of sp³-hybridized carbons (Fsp3) is 0.609. The summed E-state index contributed by atoms with van der Waals surface area (Å²) in [6, 6.07) is 4.29. The van der Waals surface area contributed by atoms with E-state index in [4.69, 9.17) is 0 Å². The Morgan fingerprint density at radius 2 is 1.94 bits per heavy atom. The molecule has 0 spiro atoms. The second-order valence-electron chi connectivity index (χ2n) is 8.55.